The zero-order chi connectivity index (χ0) is 15.3. The molecule has 0 saturated carbocycles. The third-order valence-electron chi connectivity index (χ3n) is 2.56. The Morgan fingerprint density at radius 1 is 1.40 bits per heavy atom. The van der Waals surface area contributed by atoms with Gasteiger partial charge in [-0.2, -0.15) is 5.10 Å². The fourth-order valence-electron chi connectivity index (χ4n) is 1.67. The first kappa shape index (κ1) is 16.1. The first-order chi connectivity index (χ1) is 9.24. The van der Waals surface area contributed by atoms with E-state index in [-0.39, 0.29) is 0 Å². The highest BCUT2D eigenvalue weighted by atomic mass is 16.6. The van der Waals surface area contributed by atoms with Gasteiger partial charge in [-0.1, -0.05) is 0 Å². The summed E-state index contributed by atoms with van der Waals surface area (Å²) in [7, 11) is 0. The van der Waals surface area contributed by atoms with Gasteiger partial charge < -0.3 is 21.1 Å². The van der Waals surface area contributed by atoms with Crippen LogP contribution >= 0.6 is 0 Å². The standard InChI is InChI=1S/C13H25N5O2/c1-6-18-11(10(14)9(2)17-18)15-7-8-16-12(19)20-13(3,4)5/h15H,6-8,14H2,1-5H3,(H,16,19). The largest absolute Gasteiger partial charge is 0.444 e. The molecule has 1 rings (SSSR count). The number of carbonyl (C=O) groups is 1. The van der Waals surface area contributed by atoms with E-state index < -0.39 is 11.7 Å². The molecular weight excluding hydrogens is 258 g/mol. The number of nitrogens with one attached hydrogen (secondary N) is 2. The van der Waals surface area contributed by atoms with Crippen LogP contribution in [0.1, 0.15) is 33.4 Å². The van der Waals surface area contributed by atoms with Gasteiger partial charge in [0.25, 0.3) is 0 Å². The molecule has 1 heterocycles. The first-order valence-corrected chi connectivity index (χ1v) is 6.78. The van der Waals surface area contributed by atoms with E-state index in [4.69, 9.17) is 10.5 Å². The number of aromatic nitrogens is 2. The van der Waals surface area contributed by atoms with Gasteiger partial charge in [0.15, 0.2) is 0 Å². The minimum absolute atomic E-state index is 0.424. The SMILES string of the molecule is CCn1nc(C)c(N)c1NCCNC(=O)OC(C)(C)C. The van der Waals surface area contributed by atoms with Crippen molar-refractivity contribution >= 4 is 17.6 Å². The normalized spacial score (nSPS) is 11.2. The van der Waals surface area contributed by atoms with Gasteiger partial charge >= 0.3 is 6.09 Å². The number of ether oxygens (including phenoxy) is 1. The highest BCUT2D eigenvalue weighted by Crippen LogP contribution is 2.21. The lowest BCUT2D eigenvalue weighted by molar-refractivity contribution is 0.0530. The summed E-state index contributed by atoms with van der Waals surface area (Å²) in [5.74, 6) is 0.788. The molecular formula is C13H25N5O2. The van der Waals surface area contributed by atoms with Crippen LogP contribution in [-0.2, 0) is 11.3 Å². The minimum atomic E-state index is -0.486. The average molecular weight is 283 g/mol. The van der Waals surface area contributed by atoms with Gasteiger partial charge in [-0.3, -0.25) is 0 Å². The summed E-state index contributed by atoms with van der Waals surface area (Å²) in [5, 5.41) is 10.2. The lowest BCUT2D eigenvalue weighted by atomic mass is 10.2. The number of anilines is 2. The zero-order valence-electron chi connectivity index (χ0n) is 12.9. The average Bonchev–Trinajstić information content (AvgIpc) is 2.59. The number of hydrogen-bond acceptors (Lipinski definition) is 5. The van der Waals surface area contributed by atoms with Crippen LogP contribution in [0, 0.1) is 6.92 Å². The van der Waals surface area contributed by atoms with Crippen LogP contribution < -0.4 is 16.4 Å². The number of aryl methyl sites for hydroxylation is 2. The van der Waals surface area contributed by atoms with Crippen molar-refractivity contribution in [2.24, 2.45) is 0 Å². The second-order valence-corrected chi connectivity index (χ2v) is 5.52. The van der Waals surface area contributed by atoms with Gasteiger partial charge in [-0.25, -0.2) is 9.48 Å². The van der Waals surface area contributed by atoms with E-state index in [1.54, 1.807) is 4.68 Å². The molecule has 114 valence electrons. The van der Waals surface area contributed by atoms with Crippen molar-refractivity contribution in [2.75, 3.05) is 24.1 Å². The third kappa shape index (κ3) is 4.64. The Morgan fingerprint density at radius 2 is 2.05 bits per heavy atom. The summed E-state index contributed by atoms with van der Waals surface area (Å²) < 4.78 is 6.95. The van der Waals surface area contributed by atoms with Crippen LogP contribution in [0.15, 0.2) is 0 Å². The molecule has 0 aliphatic heterocycles. The molecule has 0 spiro atoms. The Morgan fingerprint density at radius 3 is 2.60 bits per heavy atom. The Labute approximate surface area is 119 Å². The topological polar surface area (TPSA) is 94.2 Å². The van der Waals surface area contributed by atoms with Crippen molar-refractivity contribution in [3.63, 3.8) is 0 Å². The number of alkyl carbamates (subject to hydrolysis) is 1. The van der Waals surface area contributed by atoms with Gasteiger partial charge in [0.05, 0.1) is 11.4 Å². The number of rotatable bonds is 5. The molecule has 20 heavy (non-hydrogen) atoms. The van der Waals surface area contributed by atoms with E-state index in [9.17, 15) is 4.79 Å². The maximum atomic E-state index is 11.5. The Balaban J connectivity index is 2.40. The molecule has 0 atom stereocenters. The van der Waals surface area contributed by atoms with E-state index in [0.29, 0.717) is 18.8 Å². The van der Waals surface area contributed by atoms with Crippen molar-refractivity contribution < 1.29 is 9.53 Å². The van der Waals surface area contributed by atoms with E-state index in [1.807, 2.05) is 34.6 Å². The first-order valence-electron chi connectivity index (χ1n) is 6.78. The van der Waals surface area contributed by atoms with E-state index in [0.717, 1.165) is 18.1 Å². The summed E-state index contributed by atoms with van der Waals surface area (Å²) in [6.07, 6.45) is -0.424. The van der Waals surface area contributed by atoms with Gasteiger partial charge in [0.1, 0.15) is 11.4 Å². The quantitative estimate of drug-likeness (QED) is 0.715. The monoisotopic (exact) mass is 283 g/mol. The molecule has 0 aliphatic carbocycles. The molecule has 1 aromatic rings. The van der Waals surface area contributed by atoms with Crippen molar-refractivity contribution in [3.8, 4) is 0 Å². The number of amides is 1. The summed E-state index contributed by atoms with van der Waals surface area (Å²) >= 11 is 0. The van der Waals surface area contributed by atoms with Crippen LogP contribution in [0.3, 0.4) is 0 Å². The fourth-order valence-corrected chi connectivity index (χ4v) is 1.67. The van der Waals surface area contributed by atoms with Crippen molar-refractivity contribution in [2.45, 2.75) is 46.8 Å². The molecule has 0 unspecified atom stereocenters. The molecule has 0 radical (unpaired) electrons. The molecule has 7 nitrogen and oxygen atoms in total. The number of carbonyl (C=O) groups excluding carboxylic acids is 1. The lowest BCUT2D eigenvalue weighted by Crippen LogP contribution is -2.35. The molecule has 0 saturated heterocycles. The number of hydrogen-bond donors (Lipinski definition) is 3. The minimum Gasteiger partial charge on any atom is -0.444 e. The van der Waals surface area contributed by atoms with Crippen LogP contribution in [0.25, 0.3) is 0 Å². The van der Waals surface area contributed by atoms with Gasteiger partial charge in [0.2, 0.25) is 0 Å². The molecule has 0 fully saturated rings. The molecule has 7 heteroatoms. The van der Waals surface area contributed by atoms with Crippen LogP contribution in [0.5, 0.6) is 0 Å². The molecule has 0 aromatic carbocycles. The zero-order valence-corrected chi connectivity index (χ0v) is 12.9. The predicted molar refractivity (Wildman–Crippen MR) is 79.8 cm³/mol. The number of nitrogen functional groups attached to an aromatic ring is 1. The van der Waals surface area contributed by atoms with Gasteiger partial charge in [-0.15, -0.1) is 0 Å². The van der Waals surface area contributed by atoms with Crippen molar-refractivity contribution in [1.29, 1.82) is 0 Å². The maximum absolute atomic E-state index is 11.5. The van der Waals surface area contributed by atoms with E-state index in [2.05, 4.69) is 15.7 Å². The smallest absolute Gasteiger partial charge is 0.407 e. The highest BCUT2D eigenvalue weighted by Gasteiger charge is 2.15. The molecule has 0 aliphatic rings. The molecule has 1 aromatic heterocycles. The number of nitrogens with two attached hydrogens (primary N) is 1. The number of nitrogens with zero attached hydrogens (tertiary/aromatic N) is 2. The maximum Gasteiger partial charge on any atom is 0.407 e. The third-order valence-corrected chi connectivity index (χ3v) is 2.56. The summed E-state index contributed by atoms with van der Waals surface area (Å²) in [6.45, 7) is 11.1. The Hall–Kier alpha value is -1.92. The van der Waals surface area contributed by atoms with Crippen molar-refractivity contribution in [1.82, 2.24) is 15.1 Å². The van der Waals surface area contributed by atoms with Crippen LogP contribution in [0.2, 0.25) is 0 Å². The van der Waals surface area contributed by atoms with Crippen molar-refractivity contribution in [3.05, 3.63) is 5.69 Å². The summed E-state index contributed by atoms with van der Waals surface area (Å²) in [4.78, 5) is 11.5. The molecule has 0 bridgehead atoms. The highest BCUT2D eigenvalue weighted by molar-refractivity contribution is 5.68. The Bertz CT molecular complexity index is 462. The Kier molecular flexibility index (Phi) is 5.24. The summed E-state index contributed by atoms with van der Waals surface area (Å²) in [6, 6.07) is 0. The predicted octanol–water partition coefficient (Wildman–Crippen LogP) is 1.73. The van der Waals surface area contributed by atoms with Crippen LogP contribution in [-0.4, -0.2) is 34.6 Å². The second kappa shape index (κ2) is 6.49. The second-order valence-electron chi connectivity index (χ2n) is 5.52. The molecule has 1 amide bonds. The van der Waals surface area contributed by atoms with Crippen LogP contribution in [0.4, 0.5) is 16.3 Å². The van der Waals surface area contributed by atoms with E-state index >= 15 is 0 Å². The lowest BCUT2D eigenvalue weighted by Gasteiger charge is -2.19. The van der Waals surface area contributed by atoms with E-state index in [1.165, 1.54) is 0 Å². The van der Waals surface area contributed by atoms with Gasteiger partial charge in [0, 0.05) is 19.6 Å². The fraction of sp³-hybridized carbons (Fsp3) is 0.692. The molecule has 4 N–H and O–H groups in total. The van der Waals surface area contributed by atoms with Gasteiger partial charge in [-0.05, 0) is 34.6 Å². The summed E-state index contributed by atoms with van der Waals surface area (Å²) in [5.41, 5.74) is 6.90.